The number of ether oxygens (including phenoxy) is 1. The molecule has 0 aromatic rings. The monoisotopic (exact) mass is 243 g/mol. The summed E-state index contributed by atoms with van der Waals surface area (Å²) >= 11 is 0. The molecule has 0 bridgehead atoms. The first-order chi connectivity index (χ1) is 8.24. The van der Waals surface area contributed by atoms with Crippen LogP contribution in [0.15, 0.2) is 0 Å². The molecule has 0 saturated heterocycles. The maximum Gasteiger partial charge on any atom is 0.0543 e. The van der Waals surface area contributed by atoms with Crippen LogP contribution in [0.4, 0.5) is 0 Å². The van der Waals surface area contributed by atoms with Crippen LogP contribution in [0.25, 0.3) is 0 Å². The van der Waals surface area contributed by atoms with Gasteiger partial charge in [0, 0.05) is 13.2 Å². The first kappa shape index (κ1) is 16.9. The lowest BCUT2D eigenvalue weighted by Gasteiger charge is -2.18. The van der Waals surface area contributed by atoms with Crippen molar-refractivity contribution in [3.63, 3.8) is 0 Å². The number of methoxy groups -OCH3 is 1. The van der Waals surface area contributed by atoms with Gasteiger partial charge in [-0.3, -0.25) is 0 Å². The third kappa shape index (κ3) is 10.8. The van der Waals surface area contributed by atoms with Gasteiger partial charge in [0.25, 0.3) is 0 Å². The van der Waals surface area contributed by atoms with Gasteiger partial charge in [-0.25, -0.2) is 0 Å². The van der Waals surface area contributed by atoms with Gasteiger partial charge in [0.05, 0.1) is 6.10 Å². The molecule has 0 saturated carbocycles. The van der Waals surface area contributed by atoms with E-state index in [4.69, 9.17) is 4.74 Å². The quantitative estimate of drug-likeness (QED) is 0.520. The highest BCUT2D eigenvalue weighted by Gasteiger charge is 2.08. The Morgan fingerprint density at radius 2 is 1.59 bits per heavy atom. The number of hydrogen-bond acceptors (Lipinski definition) is 2. The van der Waals surface area contributed by atoms with Crippen LogP contribution in [-0.4, -0.2) is 26.3 Å². The normalized spacial score (nSPS) is 14.8. The van der Waals surface area contributed by atoms with Crippen LogP contribution in [0, 0.1) is 0 Å². The Balaban J connectivity index is 3.41. The summed E-state index contributed by atoms with van der Waals surface area (Å²) in [6.45, 7) is 4.42. The summed E-state index contributed by atoms with van der Waals surface area (Å²) in [7, 11) is 3.88. The van der Waals surface area contributed by atoms with E-state index in [0.29, 0.717) is 12.1 Å². The molecule has 1 N–H and O–H groups in total. The third-order valence-corrected chi connectivity index (χ3v) is 3.64. The van der Waals surface area contributed by atoms with Crippen molar-refractivity contribution in [3.05, 3.63) is 0 Å². The lowest BCUT2D eigenvalue weighted by molar-refractivity contribution is 0.106. The molecule has 0 aliphatic heterocycles. The first-order valence-corrected chi connectivity index (χ1v) is 7.44. The highest BCUT2D eigenvalue weighted by Crippen LogP contribution is 2.12. The molecule has 0 heterocycles. The maximum atomic E-state index is 5.29. The highest BCUT2D eigenvalue weighted by molar-refractivity contribution is 4.66. The molecule has 0 amide bonds. The molecule has 0 aliphatic carbocycles. The van der Waals surface area contributed by atoms with E-state index in [1.165, 1.54) is 51.4 Å². The predicted octanol–water partition coefficient (Wildman–Crippen LogP) is 4.14. The molecule has 0 spiro atoms. The lowest BCUT2D eigenvalue weighted by Crippen LogP contribution is -2.26. The van der Waals surface area contributed by atoms with Gasteiger partial charge in [-0.15, -0.1) is 0 Å². The number of unbranched alkanes of at least 4 members (excludes halogenated alkanes) is 5. The van der Waals surface area contributed by atoms with Crippen molar-refractivity contribution < 1.29 is 4.74 Å². The summed E-state index contributed by atoms with van der Waals surface area (Å²) in [5.74, 6) is 0. The number of nitrogens with one attached hydrogen (secondary N) is 1. The van der Waals surface area contributed by atoms with Crippen LogP contribution in [-0.2, 0) is 4.74 Å². The van der Waals surface area contributed by atoms with Gasteiger partial charge in [-0.05, 0) is 33.2 Å². The third-order valence-electron chi connectivity index (χ3n) is 3.64. The van der Waals surface area contributed by atoms with E-state index < -0.39 is 0 Å². The SMILES string of the molecule is CCCCCCCCC(CCC(C)OC)NC. The molecule has 0 aliphatic rings. The molecule has 2 unspecified atom stereocenters. The Bertz CT molecular complexity index is 150. The number of rotatable bonds is 12. The smallest absolute Gasteiger partial charge is 0.0543 e. The number of hydrogen-bond donors (Lipinski definition) is 1. The minimum atomic E-state index is 0.399. The van der Waals surface area contributed by atoms with Gasteiger partial charge >= 0.3 is 0 Å². The van der Waals surface area contributed by atoms with Gasteiger partial charge in [0.2, 0.25) is 0 Å². The molecule has 2 nitrogen and oxygen atoms in total. The second-order valence-corrected chi connectivity index (χ2v) is 5.17. The molecule has 0 rings (SSSR count). The molecule has 0 aromatic heterocycles. The maximum absolute atomic E-state index is 5.29. The first-order valence-electron chi connectivity index (χ1n) is 7.44. The minimum Gasteiger partial charge on any atom is -0.382 e. The van der Waals surface area contributed by atoms with Crippen molar-refractivity contribution in [2.24, 2.45) is 0 Å². The average molecular weight is 243 g/mol. The van der Waals surface area contributed by atoms with Crippen LogP contribution < -0.4 is 5.32 Å². The Morgan fingerprint density at radius 1 is 0.941 bits per heavy atom. The fraction of sp³-hybridized carbons (Fsp3) is 1.00. The second-order valence-electron chi connectivity index (χ2n) is 5.17. The summed E-state index contributed by atoms with van der Waals surface area (Å²) in [4.78, 5) is 0. The summed E-state index contributed by atoms with van der Waals surface area (Å²) in [6, 6.07) is 0.679. The lowest BCUT2D eigenvalue weighted by atomic mass is 10.0. The fourth-order valence-electron chi connectivity index (χ4n) is 2.16. The molecule has 0 aromatic carbocycles. The topological polar surface area (TPSA) is 21.3 Å². The Labute approximate surface area is 109 Å². The van der Waals surface area contributed by atoms with Crippen LogP contribution in [0.3, 0.4) is 0 Å². The van der Waals surface area contributed by atoms with Crippen molar-refractivity contribution in [3.8, 4) is 0 Å². The zero-order valence-corrected chi connectivity index (χ0v) is 12.4. The summed E-state index contributed by atoms with van der Waals surface area (Å²) in [6.07, 6.45) is 12.5. The fourth-order valence-corrected chi connectivity index (χ4v) is 2.16. The second kappa shape index (κ2) is 12.4. The summed E-state index contributed by atoms with van der Waals surface area (Å²) in [5.41, 5.74) is 0. The molecule has 2 atom stereocenters. The van der Waals surface area contributed by atoms with Crippen molar-refractivity contribution in [2.75, 3.05) is 14.2 Å². The van der Waals surface area contributed by atoms with Crippen molar-refractivity contribution in [1.29, 1.82) is 0 Å². The van der Waals surface area contributed by atoms with Gasteiger partial charge in [-0.1, -0.05) is 45.4 Å². The Morgan fingerprint density at radius 3 is 2.18 bits per heavy atom. The predicted molar refractivity (Wildman–Crippen MR) is 76.5 cm³/mol. The van der Waals surface area contributed by atoms with E-state index >= 15 is 0 Å². The van der Waals surface area contributed by atoms with Gasteiger partial charge < -0.3 is 10.1 Å². The van der Waals surface area contributed by atoms with Gasteiger partial charge in [0.15, 0.2) is 0 Å². The van der Waals surface area contributed by atoms with Crippen LogP contribution in [0.1, 0.15) is 71.6 Å². The van der Waals surface area contributed by atoms with Crippen LogP contribution >= 0.6 is 0 Å². The standard InChI is InChI=1S/C15H33NO/c1-5-6-7-8-9-10-11-15(16-3)13-12-14(2)17-4/h14-16H,5-13H2,1-4H3. The van der Waals surface area contributed by atoms with E-state index in [0.717, 1.165) is 6.42 Å². The van der Waals surface area contributed by atoms with Crippen LogP contribution in [0.5, 0.6) is 0 Å². The van der Waals surface area contributed by atoms with E-state index in [-0.39, 0.29) is 0 Å². The van der Waals surface area contributed by atoms with E-state index in [1.54, 1.807) is 7.11 Å². The summed E-state index contributed by atoms with van der Waals surface area (Å²) in [5, 5.41) is 3.43. The molecular weight excluding hydrogens is 210 g/mol. The molecule has 104 valence electrons. The minimum absolute atomic E-state index is 0.399. The molecule has 0 radical (unpaired) electrons. The average Bonchev–Trinajstić information content (AvgIpc) is 2.36. The molecule has 0 fully saturated rings. The Hall–Kier alpha value is -0.0800. The van der Waals surface area contributed by atoms with Gasteiger partial charge in [-0.2, -0.15) is 0 Å². The highest BCUT2D eigenvalue weighted by atomic mass is 16.5. The van der Waals surface area contributed by atoms with E-state index in [2.05, 4.69) is 26.2 Å². The molecule has 2 heteroatoms. The van der Waals surface area contributed by atoms with Gasteiger partial charge in [0.1, 0.15) is 0 Å². The molecule has 17 heavy (non-hydrogen) atoms. The van der Waals surface area contributed by atoms with E-state index in [1.807, 2.05) is 0 Å². The largest absolute Gasteiger partial charge is 0.382 e. The zero-order valence-electron chi connectivity index (χ0n) is 12.4. The summed E-state index contributed by atoms with van der Waals surface area (Å²) < 4.78 is 5.29. The zero-order chi connectivity index (χ0) is 12.9. The Kier molecular flexibility index (Phi) is 12.3. The molecular formula is C15H33NO. The van der Waals surface area contributed by atoms with Crippen molar-refractivity contribution in [1.82, 2.24) is 5.32 Å². The van der Waals surface area contributed by atoms with Crippen molar-refractivity contribution in [2.45, 2.75) is 83.8 Å². The van der Waals surface area contributed by atoms with E-state index in [9.17, 15) is 0 Å². The van der Waals surface area contributed by atoms with Crippen LogP contribution in [0.2, 0.25) is 0 Å². The van der Waals surface area contributed by atoms with Crippen molar-refractivity contribution >= 4 is 0 Å².